The summed E-state index contributed by atoms with van der Waals surface area (Å²) in [5.41, 5.74) is 1.36. The Labute approximate surface area is 135 Å². The first-order chi connectivity index (χ1) is 11.0. The minimum atomic E-state index is -3.23. The standard InChI is InChI=1S/C16H18N4O2S/c1-23(21,22)19-13-5-4-8-20(11-13)16-9-12(10-17)14-6-2-3-7-15(14)18-16/h2-3,6-7,9,13,19H,4-5,8,11H2,1H3. The zero-order valence-corrected chi connectivity index (χ0v) is 13.7. The summed E-state index contributed by atoms with van der Waals surface area (Å²) in [6, 6.07) is 11.4. The van der Waals surface area contributed by atoms with Crippen molar-refractivity contribution in [2.45, 2.75) is 18.9 Å². The molecule has 2 heterocycles. The number of nitriles is 1. The van der Waals surface area contributed by atoms with Gasteiger partial charge in [0.05, 0.1) is 23.4 Å². The first-order valence-corrected chi connectivity index (χ1v) is 9.37. The Balaban J connectivity index is 1.92. The molecule has 1 atom stereocenters. The third-order valence-electron chi connectivity index (χ3n) is 3.95. The molecular weight excluding hydrogens is 312 g/mol. The fraction of sp³-hybridized carbons (Fsp3) is 0.375. The minimum Gasteiger partial charge on any atom is -0.355 e. The lowest BCUT2D eigenvalue weighted by atomic mass is 10.1. The zero-order chi connectivity index (χ0) is 16.4. The van der Waals surface area contributed by atoms with Crippen LogP contribution in [0.25, 0.3) is 10.9 Å². The largest absolute Gasteiger partial charge is 0.355 e. The molecule has 0 aliphatic carbocycles. The monoisotopic (exact) mass is 330 g/mol. The van der Waals surface area contributed by atoms with Crippen molar-refractivity contribution in [3.05, 3.63) is 35.9 Å². The molecule has 23 heavy (non-hydrogen) atoms. The molecule has 1 N–H and O–H groups in total. The van der Waals surface area contributed by atoms with E-state index in [0.29, 0.717) is 12.1 Å². The summed E-state index contributed by atoms with van der Waals surface area (Å²) in [5, 5.41) is 10.2. The molecule has 0 saturated carbocycles. The van der Waals surface area contributed by atoms with E-state index in [9.17, 15) is 13.7 Å². The van der Waals surface area contributed by atoms with Gasteiger partial charge in [-0.15, -0.1) is 0 Å². The van der Waals surface area contributed by atoms with Gasteiger partial charge in [-0.2, -0.15) is 5.26 Å². The maximum atomic E-state index is 11.4. The molecule has 0 bridgehead atoms. The second-order valence-electron chi connectivity index (χ2n) is 5.83. The molecule has 1 aromatic carbocycles. The maximum Gasteiger partial charge on any atom is 0.209 e. The summed E-state index contributed by atoms with van der Waals surface area (Å²) in [5.74, 6) is 0.722. The molecule has 7 heteroatoms. The Bertz CT molecular complexity index is 873. The van der Waals surface area contributed by atoms with Crippen molar-refractivity contribution in [1.82, 2.24) is 9.71 Å². The molecule has 1 aliphatic heterocycles. The lowest BCUT2D eigenvalue weighted by molar-refractivity contribution is 0.466. The number of para-hydroxylation sites is 1. The quantitative estimate of drug-likeness (QED) is 0.924. The number of pyridine rings is 1. The smallest absolute Gasteiger partial charge is 0.209 e. The van der Waals surface area contributed by atoms with E-state index in [1.165, 1.54) is 6.26 Å². The molecule has 0 amide bonds. The number of nitrogens with zero attached hydrogens (tertiary/aromatic N) is 3. The average molecular weight is 330 g/mol. The van der Waals surface area contributed by atoms with Gasteiger partial charge in [0.25, 0.3) is 0 Å². The second kappa shape index (κ2) is 6.14. The minimum absolute atomic E-state index is 0.127. The van der Waals surface area contributed by atoms with E-state index in [0.717, 1.165) is 36.1 Å². The zero-order valence-electron chi connectivity index (χ0n) is 12.9. The van der Waals surface area contributed by atoms with Gasteiger partial charge < -0.3 is 4.90 Å². The highest BCUT2D eigenvalue weighted by Gasteiger charge is 2.23. The van der Waals surface area contributed by atoms with Gasteiger partial charge in [0.15, 0.2) is 0 Å². The topological polar surface area (TPSA) is 86.1 Å². The molecule has 120 valence electrons. The Morgan fingerprint density at radius 2 is 2.17 bits per heavy atom. The van der Waals surface area contributed by atoms with E-state index >= 15 is 0 Å². The normalized spacial score (nSPS) is 18.8. The summed E-state index contributed by atoms with van der Waals surface area (Å²) in [4.78, 5) is 6.68. The molecule has 1 unspecified atom stereocenters. The Kier molecular flexibility index (Phi) is 4.20. The lowest BCUT2D eigenvalue weighted by Gasteiger charge is -2.33. The van der Waals surface area contributed by atoms with Crippen molar-refractivity contribution < 1.29 is 8.42 Å². The van der Waals surface area contributed by atoms with Crippen LogP contribution in [0.15, 0.2) is 30.3 Å². The van der Waals surface area contributed by atoms with Gasteiger partial charge in [0.2, 0.25) is 10.0 Å². The average Bonchev–Trinajstić information content (AvgIpc) is 2.52. The van der Waals surface area contributed by atoms with E-state index in [2.05, 4.69) is 15.8 Å². The molecule has 2 aromatic rings. The molecule has 6 nitrogen and oxygen atoms in total. The highest BCUT2D eigenvalue weighted by molar-refractivity contribution is 7.88. The number of benzene rings is 1. The van der Waals surface area contributed by atoms with Gasteiger partial charge in [0, 0.05) is 24.5 Å². The second-order valence-corrected chi connectivity index (χ2v) is 7.61. The molecule has 0 radical (unpaired) electrons. The molecular formula is C16H18N4O2S. The highest BCUT2D eigenvalue weighted by Crippen LogP contribution is 2.24. The number of rotatable bonds is 3. The maximum absolute atomic E-state index is 11.4. The molecule has 3 rings (SSSR count). The van der Waals surface area contributed by atoms with Crippen molar-refractivity contribution in [3.8, 4) is 6.07 Å². The predicted molar refractivity (Wildman–Crippen MR) is 89.7 cm³/mol. The van der Waals surface area contributed by atoms with Crippen molar-refractivity contribution in [1.29, 1.82) is 5.26 Å². The number of piperidine rings is 1. The van der Waals surface area contributed by atoms with Crippen LogP contribution in [0.4, 0.5) is 5.82 Å². The highest BCUT2D eigenvalue weighted by atomic mass is 32.2. The van der Waals surface area contributed by atoms with Crippen LogP contribution in [0.3, 0.4) is 0 Å². The van der Waals surface area contributed by atoms with Crippen molar-refractivity contribution in [2.75, 3.05) is 24.2 Å². The van der Waals surface area contributed by atoms with E-state index < -0.39 is 10.0 Å². The summed E-state index contributed by atoms with van der Waals surface area (Å²) in [6.45, 7) is 1.36. The van der Waals surface area contributed by atoms with Crippen LogP contribution in [-0.2, 0) is 10.0 Å². The van der Waals surface area contributed by atoms with Gasteiger partial charge >= 0.3 is 0 Å². The van der Waals surface area contributed by atoms with E-state index in [1.54, 1.807) is 6.07 Å². The molecule has 0 spiro atoms. The predicted octanol–water partition coefficient (Wildman–Crippen LogP) is 1.62. The van der Waals surface area contributed by atoms with Crippen LogP contribution in [0.1, 0.15) is 18.4 Å². The van der Waals surface area contributed by atoms with Crippen LogP contribution < -0.4 is 9.62 Å². The SMILES string of the molecule is CS(=O)(=O)NC1CCCN(c2cc(C#N)c3ccccc3n2)C1. The Morgan fingerprint density at radius 3 is 2.91 bits per heavy atom. The molecule has 1 fully saturated rings. The number of hydrogen-bond acceptors (Lipinski definition) is 5. The number of sulfonamides is 1. The van der Waals surface area contributed by atoms with Gasteiger partial charge in [-0.05, 0) is 25.0 Å². The van der Waals surface area contributed by atoms with Crippen LogP contribution in [0, 0.1) is 11.3 Å². The van der Waals surface area contributed by atoms with Gasteiger partial charge in [-0.1, -0.05) is 18.2 Å². The van der Waals surface area contributed by atoms with E-state index in [4.69, 9.17) is 0 Å². The van der Waals surface area contributed by atoms with Gasteiger partial charge in [-0.25, -0.2) is 18.1 Å². The Hall–Kier alpha value is -2.17. The summed E-state index contributed by atoms with van der Waals surface area (Å²) in [6.07, 6.45) is 2.86. The third kappa shape index (κ3) is 3.60. The first-order valence-electron chi connectivity index (χ1n) is 7.48. The van der Waals surface area contributed by atoms with E-state index in [-0.39, 0.29) is 6.04 Å². The number of anilines is 1. The van der Waals surface area contributed by atoms with Gasteiger partial charge in [-0.3, -0.25) is 0 Å². The summed E-state index contributed by atoms with van der Waals surface area (Å²) >= 11 is 0. The van der Waals surface area contributed by atoms with Crippen LogP contribution in [0.5, 0.6) is 0 Å². The fourth-order valence-electron chi connectivity index (χ4n) is 3.00. The number of nitrogens with one attached hydrogen (secondary N) is 1. The van der Waals surface area contributed by atoms with Crippen molar-refractivity contribution >= 4 is 26.7 Å². The first kappa shape index (κ1) is 15.7. The number of aromatic nitrogens is 1. The molecule has 1 aliphatic rings. The van der Waals surface area contributed by atoms with Crippen LogP contribution in [-0.4, -0.2) is 38.8 Å². The van der Waals surface area contributed by atoms with Crippen LogP contribution in [0.2, 0.25) is 0 Å². The van der Waals surface area contributed by atoms with Crippen molar-refractivity contribution in [3.63, 3.8) is 0 Å². The van der Waals surface area contributed by atoms with E-state index in [1.807, 2.05) is 29.2 Å². The molecule has 1 aromatic heterocycles. The Morgan fingerprint density at radius 1 is 1.39 bits per heavy atom. The van der Waals surface area contributed by atoms with Gasteiger partial charge in [0.1, 0.15) is 5.82 Å². The third-order valence-corrected chi connectivity index (χ3v) is 4.71. The van der Waals surface area contributed by atoms with Crippen LogP contribution >= 0.6 is 0 Å². The summed E-state index contributed by atoms with van der Waals surface area (Å²) < 4.78 is 25.5. The number of hydrogen-bond donors (Lipinski definition) is 1. The number of fused-ring (bicyclic) bond motifs is 1. The lowest BCUT2D eigenvalue weighted by Crippen LogP contribution is -2.47. The van der Waals surface area contributed by atoms with Crippen molar-refractivity contribution in [2.24, 2.45) is 0 Å². The summed E-state index contributed by atoms with van der Waals surface area (Å²) in [7, 11) is -3.23. The molecule has 1 saturated heterocycles. The fourth-order valence-corrected chi connectivity index (χ4v) is 3.80.